The van der Waals surface area contributed by atoms with E-state index in [1.165, 1.54) is 13.2 Å². The molecule has 19 heavy (non-hydrogen) atoms. The highest BCUT2D eigenvalue weighted by Gasteiger charge is 2.38. The molecule has 3 N–H and O–H groups in total. The Bertz CT molecular complexity index is 433. The highest BCUT2D eigenvalue weighted by atomic mass is 19.1. The van der Waals surface area contributed by atoms with E-state index < -0.39 is 5.60 Å². The molecule has 1 heterocycles. The quantitative estimate of drug-likeness (QED) is 0.650. The lowest BCUT2D eigenvalue weighted by molar-refractivity contribution is -0.0905. The Labute approximate surface area is 113 Å². The Morgan fingerprint density at radius 3 is 2.79 bits per heavy atom. The summed E-state index contributed by atoms with van der Waals surface area (Å²) in [4.78, 5) is 0. The van der Waals surface area contributed by atoms with E-state index in [9.17, 15) is 4.39 Å². The number of hydrogen-bond donors (Lipinski definition) is 2. The minimum absolute atomic E-state index is 0.335. The summed E-state index contributed by atoms with van der Waals surface area (Å²) in [7, 11) is 1.51. The maximum absolute atomic E-state index is 14.2. The highest BCUT2D eigenvalue weighted by Crippen LogP contribution is 2.37. The topological polar surface area (TPSA) is 56.5 Å². The van der Waals surface area contributed by atoms with Crippen LogP contribution in [0.1, 0.15) is 37.8 Å². The van der Waals surface area contributed by atoms with E-state index in [4.69, 9.17) is 15.3 Å². The first-order valence-electron chi connectivity index (χ1n) is 6.54. The van der Waals surface area contributed by atoms with Crippen LogP contribution in [0, 0.1) is 5.82 Å². The number of ether oxygens (including phenoxy) is 2. The molecule has 0 spiro atoms. The minimum Gasteiger partial charge on any atom is -0.497 e. The van der Waals surface area contributed by atoms with Gasteiger partial charge < -0.3 is 9.47 Å². The van der Waals surface area contributed by atoms with Gasteiger partial charge >= 0.3 is 0 Å². The largest absolute Gasteiger partial charge is 0.497 e. The SMILES string of the molecule is COc1ccc(C(NN)C2(C)CCCCO2)c(F)c1. The second-order valence-corrected chi connectivity index (χ2v) is 5.11. The molecular formula is C14H21FN2O2. The molecule has 2 unspecified atom stereocenters. The van der Waals surface area contributed by atoms with Crippen molar-refractivity contribution in [2.75, 3.05) is 13.7 Å². The van der Waals surface area contributed by atoms with Crippen molar-refractivity contribution >= 4 is 0 Å². The lowest BCUT2D eigenvalue weighted by atomic mass is 9.84. The maximum atomic E-state index is 14.2. The van der Waals surface area contributed by atoms with E-state index in [1.807, 2.05) is 6.92 Å². The molecule has 0 radical (unpaired) electrons. The van der Waals surface area contributed by atoms with Gasteiger partial charge in [-0.3, -0.25) is 5.84 Å². The average Bonchev–Trinajstić information content (AvgIpc) is 2.42. The molecule has 0 aromatic heterocycles. The lowest BCUT2D eigenvalue weighted by Gasteiger charge is -2.40. The third-order valence-electron chi connectivity index (χ3n) is 3.80. The fourth-order valence-corrected chi connectivity index (χ4v) is 2.65. The van der Waals surface area contributed by atoms with Crippen LogP contribution < -0.4 is 16.0 Å². The summed E-state index contributed by atoms with van der Waals surface area (Å²) in [5, 5.41) is 0. The average molecular weight is 268 g/mol. The Kier molecular flexibility index (Phi) is 4.39. The number of rotatable bonds is 4. The zero-order valence-electron chi connectivity index (χ0n) is 11.4. The van der Waals surface area contributed by atoms with Crippen molar-refractivity contribution in [3.05, 3.63) is 29.6 Å². The molecule has 1 saturated heterocycles. The second-order valence-electron chi connectivity index (χ2n) is 5.11. The minimum atomic E-state index is -0.484. The van der Waals surface area contributed by atoms with Gasteiger partial charge in [0.2, 0.25) is 0 Å². The van der Waals surface area contributed by atoms with Crippen molar-refractivity contribution < 1.29 is 13.9 Å². The van der Waals surface area contributed by atoms with Gasteiger partial charge in [0, 0.05) is 18.2 Å². The Balaban J connectivity index is 2.30. The van der Waals surface area contributed by atoms with Crippen LogP contribution >= 0.6 is 0 Å². The number of benzene rings is 1. The monoisotopic (exact) mass is 268 g/mol. The van der Waals surface area contributed by atoms with E-state index in [0.717, 1.165) is 19.3 Å². The molecule has 0 bridgehead atoms. The summed E-state index contributed by atoms with van der Waals surface area (Å²) >= 11 is 0. The van der Waals surface area contributed by atoms with Gasteiger partial charge in [0.05, 0.1) is 18.8 Å². The highest BCUT2D eigenvalue weighted by molar-refractivity contribution is 5.32. The summed E-state index contributed by atoms with van der Waals surface area (Å²) in [6.45, 7) is 2.66. The third-order valence-corrected chi connectivity index (χ3v) is 3.80. The summed E-state index contributed by atoms with van der Waals surface area (Å²) < 4.78 is 25.0. The first-order chi connectivity index (χ1) is 9.10. The molecule has 2 rings (SSSR count). The van der Waals surface area contributed by atoms with Crippen molar-refractivity contribution in [1.29, 1.82) is 0 Å². The molecule has 0 amide bonds. The number of nitrogens with one attached hydrogen (secondary N) is 1. The first kappa shape index (κ1) is 14.2. The molecule has 1 fully saturated rings. The fourth-order valence-electron chi connectivity index (χ4n) is 2.65. The summed E-state index contributed by atoms with van der Waals surface area (Å²) in [5.41, 5.74) is 2.72. The van der Waals surface area contributed by atoms with E-state index in [0.29, 0.717) is 17.9 Å². The lowest BCUT2D eigenvalue weighted by Crippen LogP contribution is -2.48. The van der Waals surface area contributed by atoms with Crippen molar-refractivity contribution in [1.82, 2.24) is 5.43 Å². The van der Waals surface area contributed by atoms with Gasteiger partial charge in [-0.2, -0.15) is 0 Å². The van der Waals surface area contributed by atoms with Gasteiger partial charge in [0.15, 0.2) is 0 Å². The molecule has 0 saturated carbocycles. The zero-order chi connectivity index (χ0) is 13.9. The standard InChI is InChI=1S/C14H21FN2O2/c1-14(7-3-4-8-19-14)13(17-16)11-6-5-10(18-2)9-12(11)15/h5-6,9,13,17H,3-4,7-8,16H2,1-2H3. The summed E-state index contributed by atoms with van der Waals surface area (Å²) in [6.07, 6.45) is 2.96. The molecule has 5 heteroatoms. The molecule has 4 nitrogen and oxygen atoms in total. The van der Waals surface area contributed by atoms with Crippen molar-refractivity contribution in [3.8, 4) is 5.75 Å². The van der Waals surface area contributed by atoms with Crippen LogP contribution in [0.3, 0.4) is 0 Å². The van der Waals surface area contributed by atoms with Gasteiger partial charge in [0.1, 0.15) is 11.6 Å². The van der Waals surface area contributed by atoms with Crippen LogP contribution in [-0.4, -0.2) is 19.3 Å². The molecule has 1 aromatic carbocycles. The van der Waals surface area contributed by atoms with Crippen molar-refractivity contribution in [3.63, 3.8) is 0 Å². The van der Waals surface area contributed by atoms with Crippen LogP contribution in [0.4, 0.5) is 4.39 Å². The predicted octanol–water partition coefficient (Wildman–Crippen LogP) is 2.30. The van der Waals surface area contributed by atoms with E-state index in [2.05, 4.69) is 5.43 Å². The van der Waals surface area contributed by atoms with Gasteiger partial charge in [-0.1, -0.05) is 6.07 Å². The molecule has 1 aliphatic rings. The van der Waals surface area contributed by atoms with Gasteiger partial charge in [0.25, 0.3) is 0 Å². The Hall–Kier alpha value is -1.17. The molecular weight excluding hydrogens is 247 g/mol. The van der Waals surface area contributed by atoms with Crippen LogP contribution in [0.15, 0.2) is 18.2 Å². The van der Waals surface area contributed by atoms with E-state index in [-0.39, 0.29) is 11.9 Å². The van der Waals surface area contributed by atoms with E-state index >= 15 is 0 Å². The third kappa shape index (κ3) is 2.88. The van der Waals surface area contributed by atoms with Crippen molar-refractivity contribution in [2.45, 2.75) is 37.8 Å². The van der Waals surface area contributed by atoms with Crippen LogP contribution in [-0.2, 0) is 4.74 Å². The van der Waals surface area contributed by atoms with Crippen LogP contribution in [0.25, 0.3) is 0 Å². The molecule has 1 aliphatic heterocycles. The summed E-state index contributed by atoms with van der Waals surface area (Å²) in [6, 6.07) is 4.42. The fraction of sp³-hybridized carbons (Fsp3) is 0.571. The normalized spacial score (nSPS) is 25.1. The Morgan fingerprint density at radius 1 is 1.47 bits per heavy atom. The predicted molar refractivity (Wildman–Crippen MR) is 71.2 cm³/mol. The number of nitrogens with two attached hydrogens (primary N) is 1. The number of hydrazine groups is 1. The second kappa shape index (κ2) is 5.86. The van der Waals surface area contributed by atoms with E-state index in [1.54, 1.807) is 12.1 Å². The molecule has 106 valence electrons. The summed E-state index contributed by atoms with van der Waals surface area (Å²) in [5.74, 6) is 5.79. The smallest absolute Gasteiger partial charge is 0.131 e. The van der Waals surface area contributed by atoms with Crippen molar-refractivity contribution in [2.24, 2.45) is 5.84 Å². The maximum Gasteiger partial charge on any atom is 0.131 e. The zero-order valence-corrected chi connectivity index (χ0v) is 11.4. The van der Waals surface area contributed by atoms with Gasteiger partial charge in [-0.25, -0.2) is 9.82 Å². The molecule has 2 atom stereocenters. The first-order valence-corrected chi connectivity index (χ1v) is 6.54. The Morgan fingerprint density at radius 2 is 2.26 bits per heavy atom. The van der Waals surface area contributed by atoms with Crippen LogP contribution in [0.5, 0.6) is 5.75 Å². The molecule has 1 aromatic rings. The van der Waals surface area contributed by atoms with Crippen LogP contribution in [0.2, 0.25) is 0 Å². The molecule has 0 aliphatic carbocycles. The number of methoxy groups -OCH3 is 1. The van der Waals surface area contributed by atoms with Gasteiger partial charge in [-0.15, -0.1) is 0 Å². The van der Waals surface area contributed by atoms with Gasteiger partial charge in [-0.05, 0) is 32.3 Å². The number of halogens is 1. The number of hydrogen-bond acceptors (Lipinski definition) is 4.